The molecule has 1 saturated carbocycles. The average molecular weight is 628 g/mol. The fourth-order valence-electron chi connectivity index (χ4n) is 5.13. The Labute approximate surface area is 264 Å². The molecule has 2 fully saturated rings. The van der Waals surface area contributed by atoms with Crippen LogP contribution >= 0.6 is 23.5 Å². The van der Waals surface area contributed by atoms with E-state index in [9.17, 15) is 14.4 Å². The molecule has 2 aromatic carbocycles. The van der Waals surface area contributed by atoms with Gasteiger partial charge in [-0.15, -0.1) is 0 Å². The predicted octanol–water partition coefficient (Wildman–Crippen LogP) is 6.25. The van der Waals surface area contributed by atoms with Crippen LogP contribution in [-0.4, -0.2) is 70.0 Å². The van der Waals surface area contributed by atoms with Gasteiger partial charge in [0.1, 0.15) is 29.2 Å². The minimum Gasteiger partial charge on any atom is -0.457 e. The molecule has 2 aromatic rings. The van der Waals surface area contributed by atoms with E-state index in [0.717, 1.165) is 22.8 Å². The maximum Gasteiger partial charge on any atom is 0.411 e. The Morgan fingerprint density at radius 1 is 1.00 bits per heavy atom. The first-order chi connectivity index (χ1) is 20.7. The zero-order valence-corrected chi connectivity index (χ0v) is 27.1. The van der Waals surface area contributed by atoms with Gasteiger partial charge in [0.05, 0.1) is 0 Å². The first-order valence-electron chi connectivity index (χ1n) is 15.2. The van der Waals surface area contributed by atoms with Gasteiger partial charge >= 0.3 is 6.09 Å². The van der Waals surface area contributed by atoms with Crippen LogP contribution in [-0.2, 0) is 20.9 Å². The molecule has 0 radical (unpaired) electrons. The third-order valence-corrected chi connectivity index (χ3v) is 9.72. The molecule has 2 aliphatic rings. The lowest BCUT2D eigenvalue weighted by atomic mass is 9.91. The molecule has 1 heterocycles. The lowest BCUT2D eigenvalue weighted by molar-refractivity contribution is -0.131. The highest BCUT2D eigenvalue weighted by molar-refractivity contribution is 7.99. The molecule has 0 spiro atoms. The van der Waals surface area contributed by atoms with Crippen LogP contribution in [0, 0.1) is 5.92 Å². The van der Waals surface area contributed by atoms with Crippen LogP contribution in [0.4, 0.5) is 4.79 Å². The number of amides is 3. The molecule has 43 heavy (non-hydrogen) atoms. The van der Waals surface area contributed by atoms with Crippen molar-refractivity contribution >= 4 is 41.4 Å². The SMILES string of the molecule is CC(C)(C)OC(=O)N1CCSCC1C(=O)NC(CSCC1CCCCC1)C(=O)NCc1ccc(Oc2ccccc2)cc1. The van der Waals surface area contributed by atoms with E-state index in [4.69, 9.17) is 9.47 Å². The molecular weight excluding hydrogens is 583 g/mol. The summed E-state index contributed by atoms with van der Waals surface area (Å²) < 4.78 is 11.4. The van der Waals surface area contributed by atoms with Crippen molar-refractivity contribution in [2.75, 3.05) is 29.6 Å². The largest absolute Gasteiger partial charge is 0.457 e. The second-order valence-corrected chi connectivity index (χ2v) is 14.4. The number of benzene rings is 2. The topological polar surface area (TPSA) is 97.0 Å². The summed E-state index contributed by atoms with van der Waals surface area (Å²) in [6.07, 6.45) is 5.78. The summed E-state index contributed by atoms with van der Waals surface area (Å²) in [6.45, 7) is 6.19. The van der Waals surface area contributed by atoms with Crippen molar-refractivity contribution in [1.29, 1.82) is 0 Å². The molecule has 0 bridgehead atoms. The minimum atomic E-state index is -0.714. The summed E-state index contributed by atoms with van der Waals surface area (Å²) in [7, 11) is 0. The Morgan fingerprint density at radius 2 is 1.70 bits per heavy atom. The standard InChI is InChI=1S/C33H45N3O5S2/c1-33(2,3)41-32(39)36-18-19-42-23-29(36)31(38)35-28(22-43-21-25-10-6-4-7-11-25)30(37)34-20-24-14-16-27(17-15-24)40-26-12-8-5-9-13-26/h5,8-9,12-17,25,28-29H,4,6-7,10-11,18-23H2,1-3H3,(H,34,37)(H,35,38). The molecule has 0 aromatic heterocycles. The Balaban J connectivity index is 1.37. The number of nitrogens with zero attached hydrogens (tertiary/aromatic N) is 1. The predicted molar refractivity (Wildman–Crippen MR) is 175 cm³/mol. The molecule has 3 amide bonds. The Kier molecular flexibility index (Phi) is 12.5. The number of ether oxygens (including phenoxy) is 2. The minimum absolute atomic E-state index is 0.235. The van der Waals surface area contributed by atoms with Crippen molar-refractivity contribution in [2.45, 2.75) is 77.1 Å². The van der Waals surface area contributed by atoms with E-state index in [1.165, 1.54) is 37.0 Å². The number of nitrogens with one attached hydrogen (secondary N) is 2. The monoisotopic (exact) mass is 627 g/mol. The van der Waals surface area contributed by atoms with Crippen LogP contribution < -0.4 is 15.4 Å². The quantitative estimate of drug-likeness (QED) is 0.304. The molecule has 1 aliphatic carbocycles. The van der Waals surface area contributed by atoms with Crippen LogP contribution in [0.3, 0.4) is 0 Å². The highest BCUT2D eigenvalue weighted by atomic mass is 32.2. The molecule has 4 rings (SSSR count). The van der Waals surface area contributed by atoms with E-state index in [1.54, 1.807) is 23.5 Å². The summed E-state index contributed by atoms with van der Waals surface area (Å²) in [4.78, 5) is 41.4. The Hall–Kier alpha value is -2.85. The second-order valence-electron chi connectivity index (χ2n) is 12.1. The van der Waals surface area contributed by atoms with Gasteiger partial charge in [0.25, 0.3) is 0 Å². The Morgan fingerprint density at radius 3 is 2.40 bits per heavy atom. The van der Waals surface area contributed by atoms with Crippen molar-refractivity contribution in [3.63, 3.8) is 0 Å². The molecule has 10 heteroatoms. The van der Waals surface area contributed by atoms with Gasteiger partial charge < -0.3 is 20.1 Å². The van der Waals surface area contributed by atoms with Crippen LogP contribution in [0.15, 0.2) is 54.6 Å². The molecule has 234 valence electrons. The summed E-state index contributed by atoms with van der Waals surface area (Å²) in [6, 6.07) is 15.8. The number of carbonyl (C=O) groups is 3. The van der Waals surface area contributed by atoms with Crippen molar-refractivity contribution in [2.24, 2.45) is 5.92 Å². The highest BCUT2D eigenvalue weighted by Crippen LogP contribution is 2.27. The molecular formula is C33H45N3O5S2. The number of hydrogen-bond donors (Lipinski definition) is 2. The number of hydrogen-bond acceptors (Lipinski definition) is 7. The fourth-order valence-corrected chi connectivity index (χ4v) is 7.45. The van der Waals surface area contributed by atoms with Gasteiger partial charge in [0, 0.05) is 30.3 Å². The van der Waals surface area contributed by atoms with Gasteiger partial charge in [0.15, 0.2) is 0 Å². The van der Waals surface area contributed by atoms with Crippen LogP contribution in [0.25, 0.3) is 0 Å². The van der Waals surface area contributed by atoms with Gasteiger partial charge in [0.2, 0.25) is 11.8 Å². The highest BCUT2D eigenvalue weighted by Gasteiger charge is 2.36. The molecule has 1 aliphatic heterocycles. The zero-order valence-electron chi connectivity index (χ0n) is 25.5. The van der Waals surface area contributed by atoms with E-state index in [-0.39, 0.29) is 11.8 Å². The molecule has 1 saturated heterocycles. The summed E-state index contributed by atoms with van der Waals surface area (Å²) in [5, 5.41) is 6.00. The van der Waals surface area contributed by atoms with Crippen molar-refractivity contribution in [3.8, 4) is 11.5 Å². The number of rotatable bonds is 11. The van der Waals surface area contributed by atoms with Crippen molar-refractivity contribution < 1.29 is 23.9 Å². The third kappa shape index (κ3) is 11.0. The summed E-state index contributed by atoms with van der Waals surface area (Å²) >= 11 is 3.35. The average Bonchev–Trinajstić information content (AvgIpc) is 3.00. The van der Waals surface area contributed by atoms with E-state index >= 15 is 0 Å². The first kappa shape index (κ1) is 33.1. The maximum atomic E-state index is 13.5. The van der Waals surface area contributed by atoms with Gasteiger partial charge in [-0.2, -0.15) is 23.5 Å². The maximum absolute atomic E-state index is 13.5. The van der Waals surface area contributed by atoms with E-state index in [1.807, 2.05) is 75.4 Å². The first-order valence-corrected chi connectivity index (χ1v) is 17.5. The summed E-state index contributed by atoms with van der Waals surface area (Å²) in [5.74, 6) is 4.23. The van der Waals surface area contributed by atoms with Gasteiger partial charge in [-0.3, -0.25) is 14.5 Å². The number of para-hydroxylation sites is 1. The molecule has 2 N–H and O–H groups in total. The normalized spacial score (nSPS) is 18.4. The fraction of sp³-hybridized carbons (Fsp3) is 0.545. The lowest BCUT2D eigenvalue weighted by Crippen LogP contribution is -2.58. The van der Waals surface area contributed by atoms with Gasteiger partial charge in [-0.05, 0) is 75.1 Å². The molecule has 2 unspecified atom stereocenters. The Bertz CT molecular complexity index is 1180. The zero-order chi connectivity index (χ0) is 30.7. The van der Waals surface area contributed by atoms with Crippen LogP contribution in [0.5, 0.6) is 11.5 Å². The van der Waals surface area contributed by atoms with E-state index in [2.05, 4.69) is 10.6 Å². The smallest absolute Gasteiger partial charge is 0.411 e. The lowest BCUT2D eigenvalue weighted by Gasteiger charge is -2.36. The molecule has 2 atom stereocenters. The van der Waals surface area contributed by atoms with Crippen LogP contribution in [0.2, 0.25) is 0 Å². The number of carbonyl (C=O) groups excluding carboxylic acids is 3. The number of thioether (sulfide) groups is 2. The van der Waals surface area contributed by atoms with Crippen molar-refractivity contribution in [3.05, 3.63) is 60.2 Å². The van der Waals surface area contributed by atoms with E-state index in [0.29, 0.717) is 36.3 Å². The third-order valence-electron chi connectivity index (χ3n) is 7.42. The van der Waals surface area contributed by atoms with E-state index < -0.39 is 23.8 Å². The molecule has 8 nitrogen and oxygen atoms in total. The van der Waals surface area contributed by atoms with Gasteiger partial charge in [-0.1, -0.05) is 49.6 Å². The summed E-state index contributed by atoms with van der Waals surface area (Å²) in [5.41, 5.74) is 0.265. The van der Waals surface area contributed by atoms with Gasteiger partial charge in [-0.25, -0.2) is 4.79 Å². The van der Waals surface area contributed by atoms with Crippen molar-refractivity contribution in [1.82, 2.24) is 15.5 Å². The van der Waals surface area contributed by atoms with Crippen LogP contribution in [0.1, 0.15) is 58.4 Å². The second kappa shape index (κ2) is 16.3.